The number of amides is 1. The molecule has 36 heavy (non-hydrogen) atoms. The Morgan fingerprint density at radius 1 is 1.00 bits per heavy atom. The molecular formula is C27H28FN5O3. The first-order valence-corrected chi connectivity index (χ1v) is 11.3. The molecule has 1 aliphatic rings. The Morgan fingerprint density at radius 2 is 1.86 bits per heavy atom. The predicted molar refractivity (Wildman–Crippen MR) is 140 cm³/mol. The van der Waals surface area contributed by atoms with E-state index in [9.17, 15) is 9.18 Å². The maximum absolute atomic E-state index is 14.6. The lowest BCUT2D eigenvalue weighted by molar-refractivity contribution is 0.102. The second-order valence-corrected chi connectivity index (χ2v) is 8.15. The molecule has 9 heteroatoms. The number of hydrazine groups is 2. The van der Waals surface area contributed by atoms with Crippen molar-refractivity contribution < 1.29 is 21.5 Å². The van der Waals surface area contributed by atoms with E-state index in [0.29, 0.717) is 34.9 Å². The van der Waals surface area contributed by atoms with Gasteiger partial charge in [0.25, 0.3) is 5.91 Å². The molecule has 4 N–H and O–H groups in total. The molecule has 0 bridgehead atoms. The number of anilines is 3. The van der Waals surface area contributed by atoms with Crippen LogP contribution in [0.1, 0.15) is 24.3 Å². The standard InChI is InChI=1S/C27H24FN5O3.2H2/c1-35-22-9-5-17(6-10-22)15-36-16-20-7-8-21(14-23(20)28)29-27(34)19-4-2-3-18(13-19)24-11-12-25-26(30-24)32-33-31-25;;/h2-14,31,33H,15-16H2,1H3,(H,29,34)(H,30,32);2*1H. The normalized spacial score (nSPS) is 11.8. The molecule has 0 aliphatic carbocycles. The summed E-state index contributed by atoms with van der Waals surface area (Å²) in [5.41, 5.74) is 13.1. The number of hydrogen-bond acceptors (Lipinski definition) is 7. The average Bonchev–Trinajstić information content (AvgIpc) is 3.38. The van der Waals surface area contributed by atoms with Crippen molar-refractivity contribution in [3.05, 3.63) is 101 Å². The van der Waals surface area contributed by atoms with Crippen molar-refractivity contribution in [2.24, 2.45) is 0 Å². The summed E-state index contributed by atoms with van der Waals surface area (Å²) in [5, 5.41) is 2.75. The fraction of sp³-hybridized carbons (Fsp3) is 0.111. The van der Waals surface area contributed by atoms with Gasteiger partial charge in [0.05, 0.1) is 31.7 Å². The number of pyridine rings is 1. The van der Waals surface area contributed by atoms with Crippen molar-refractivity contribution in [3.8, 4) is 17.0 Å². The Balaban J connectivity index is 0.00000200. The summed E-state index contributed by atoms with van der Waals surface area (Å²) in [7, 11) is 1.61. The summed E-state index contributed by atoms with van der Waals surface area (Å²) in [6.07, 6.45) is 0. The third-order valence-electron chi connectivity index (χ3n) is 5.69. The van der Waals surface area contributed by atoms with Crippen LogP contribution in [0.25, 0.3) is 11.3 Å². The largest absolute Gasteiger partial charge is 0.497 e. The first-order chi connectivity index (χ1) is 17.6. The molecule has 5 rings (SSSR count). The van der Waals surface area contributed by atoms with Gasteiger partial charge in [0.2, 0.25) is 0 Å². The SMILES string of the molecule is COc1ccc(COCc2ccc(NC(=O)c3cccc(-c4ccc5c(n4)NNN5)c3)cc2F)cc1.[HH].[HH]. The summed E-state index contributed by atoms with van der Waals surface area (Å²) in [6.45, 7) is 0.461. The van der Waals surface area contributed by atoms with E-state index in [0.717, 1.165) is 22.6 Å². The topological polar surface area (TPSA) is 96.5 Å². The molecule has 0 atom stereocenters. The minimum absolute atomic E-state index is 0. The van der Waals surface area contributed by atoms with E-state index < -0.39 is 5.82 Å². The van der Waals surface area contributed by atoms with Gasteiger partial charge in [-0.1, -0.05) is 30.3 Å². The van der Waals surface area contributed by atoms with Gasteiger partial charge in [0.1, 0.15) is 11.6 Å². The molecule has 0 fully saturated rings. The highest BCUT2D eigenvalue weighted by atomic mass is 19.1. The molecule has 1 aromatic heterocycles. The molecule has 1 amide bonds. The van der Waals surface area contributed by atoms with Crippen LogP contribution in [0.4, 0.5) is 21.6 Å². The summed E-state index contributed by atoms with van der Waals surface area (Å²) in [4.78, 5) is 17.4. The van der Waals surface area contributed by atoms with Gasteiger partial charge >= 0.3 is 0 Å². The fourth-order valence-corrected chi connectivity index (χ4v) is 3.74. The average molecular weight is 490 g/mol. The summed E-state index contributed by atoms with van der Waals surface area (Å²) in [5.74, 6) is 0.642. The number of nitrogens with one attached hydrogen (secondary N) is 4. The highest BCUT2D eigenvalue weighted by Crippen LogP contribution is 2.27. The third kappa shape index (κ3) is 5.27. The molecule has 3 aromatic carbocycles. The monoisotopic (exact) mass is 489 g/mol. The van der Waals surface area contributed by atoms with Gasteiger partial charge in [-0.05, 0) is 54.1 Å². The van der Waals surface area contributed by atoms with Crippen LogP contribution in [-0.4, -0.2) is 18.0 Å². The zero-order valence-corrected chi connectivity index (χ0v) is 19.5. The number of hydrogen-bond donors (Lipinski definition) is 4. The van der Waals surface area contributed by atoms with Crippen molar-refractivity contribution in [2.45, 2.75) is 13.2 Å². The number of rotatable bonds is 8. The number of methoxy groups -OCH3 is 1. The van der Waals surface area contributed by atoms with E-state index in [1.165, 1.54) is 6.07 Å². The Hall–Kier alpha value is -4.47. The lowest BCUT2D eigenvalue weighted by Gasteiger charge is -2.10. The Morgan fingerprint density at radius 3 is 2.67 bits per heavy atom. The van der Waals surface area contributed by atoms with Gasteiger partial charge in [0.15, 0.2) is 5.82 Å². The molecule has 0 saturated heterocycles. The zero-order chi connectivity index (χ0) is 24.9. The number of aromatic nitrogens is 1. The van der Waals surface area contributed by atoms with E-state index in [2.05, 4.69) is 26.7 Å². The molecule has 0 radical (unpaired) electrons. The summed E-state index contributed by atoms with van der Waals surface area (Å²) in [6, 6.07) is 22.9. The highest BCUT2D eigenvalue weighted by Gasteiger charge is 2.14. The number of nitrogens with zero attached hydrogens (tertiary/aromatic N) is 1. The smallest absolute Gasteiger partial charge is 0.255 e. The molecular weight excluding hydrogens is 461 g/mol. The first kappa shape index (κ1) is 23.3. The van der Waals surface area contributed by atoms with E-state index in [1.54, 1.807) is 37.4 Å². The lowest BCUT2D eigenvalue weighted by atomic mass is 10.1. The van der Waals surface area contributed by atoms with E-state index in [-0.39, 0.29) is 15.4 Å². The highest BCUT2D eigenvalue weighted by molar-refractivity contribution is 6.05. The molecule has 0 spiro atoms. The van der Waals surface area contributed by atoms with Crippen molar-refractivity contribution in [1.82, 2.24) is 10.5 Å². The second-order valence-electron chi connectivity index (χ2n) is 8.15. The van der Waals surface area contributed by atoms with Gasteiger partial charge in [0, 0.05) is 25.2 Å². The molecule has 0 saturated carbocycles. The molecule has 8 nitrogen and oxygen atoms in total. The number of ether oxygens (including phenoxy) is 2. The van der Waals surface area contributed by atoms with Crippen molar-refractivity contribution in [3.63, 3.8) is 0 Å². The van der Waals surface area contributed by atoms with Crippen LogP contribution in [0.15, 0.2) is 78.9 Å². The third-order valence-corrected chi connectivity index (χ3v) is 5.69. The first-order valence-electron chi connectivity index (χ1n) is 11.3. The van der Waals surface area contributed by atoms with Gasteiger partial charge in [-0.15, -0.1) is 5.53 Å². The van der Waals surface area contributed by atoms with Crippen LogP contribution in [-0.2, 0) is 18.0 Å². The van der Waals surface area contributed by atoms with Crippen LogP contribution in [0, 0.1) is 5.82 Å². The predicted octanol–water partition coefficient (Wildman–Crippen LogP) is 5.61. The minimum Gasteiger partial charge on any atom is -0.497 e. The maximum Gasteiger partial charge on any atom is 0.255 e. The van der Waals surface area contributed by atoms with Crippen LogP contribution < -0.4 is 26.4 Å². The summed E-state index contributed by atoms with van der Waals surface area (Å²) >= 11 is 0. The quantitative estimate of drug-likeness (QED) is 0.255. The number of halogens is 1. The van der Waals surface area contributed by atoms with Crippen LogP contribution in [0.3, 0.4) is 0 Å². The van der Waals surface area contributed by atoms with Crippen LogP contribution in [0.5, 0.6) is 5.75 Å². The number of benzene rings is 3. The maximum atomic E-state index is 14.6. The Labute approximate surface area is 210 Å². The number of carbonyl (C=O) groups is 1. The molecule has 0 unspecified atom stereocenters. The Kier molecular flexibility index (Phi) is 6.74. The zero-order valence-electron chi connectivity index (χ0n) is 19.5. The minimum atomic E-state index is -0.451. The van der Waals surface area contributed by atoms with E-state index in [1.807, 2.05) is 42.5 Å². The Bertz CT molecular complexity index is 1410. The van der Waals surface area contributed by atoms with Gasteiger partial charge in [-0.3, -0.25) is 10.2 Å². The number of carbonyl (C=O) groups excluding carboxylic acids is 1. The number of fused-ring (bicyclic) bond motifs is 1. The van der Waals surface area contributed by atoms with Crippen LogP contribution in [0.2, 0.25) is 0 Å². The van der Waals surface area contributed by atoms with Crippen molar-refractivity contribution in [1.29, 1.82) is 0 Å². The van der Waals surface area contributed by atoms with Crippen molar-refractivity contribution >= 4 is 23.1 Å². The molecule has 186 valence electrons. The van der Waals surface area contributed by atoms with Crippen molar-refractivity contribution in [2.75, 3.05) is 23.3 Å². The lowest BCUT2D eigenvalue weighted by Crippen LogP contribution is -2.19. The van der Waals surface area contributed by atoms with Gasteiger partial charge < -0.3 is 20.2 Å². The molecule has 2 heterocycles. The van der Waals surface area contributed by atoms with E-state index in [4.69, 9.17) is 9.47 Å². The molecule has 4 aromatic rings. The second kappa shape index (κ2) is 10.4. The van der Waals surface area contributed by atoms with Crippen LogP contribution >= 0.6 is 0 Å². The van der Waals surface area contributed by atoms with Gasteiger partial charge in [-0.25, -0.2) is 9.37 Å². The fourth-order valence-electron chi connectivity index (χ4n) is 3.74. The molecule has 1 aliphatic heterocycles. The van der Waals surface area contributed by atoms with E-state index >= 15 is 0 Å². The summed E-state index contributed by atoms with van der Waals surface area (Å²) < 4.78 is 25.4. The van der Waals surface area contributed by atoms with Gasteiger partial charge in [-0.2, -0.15) is 0 Å².